The summed E-state index contributed by atoms with van der Waals surface area (Å²) < 4.78 is 0. The van der Waals surface area contributed by atoms with Crippen molar-refractivity contribution in [2.45, 2.75) is 19.3 Å². The molecule has 4 N–H and O–H groups in total. The van der Waals surface area contributed by atoms with E-state index < -0.39 is 11.9 Å². The topological polar surface area (TPSA) is 84.2 Å². The maximum atomic E-state index is 11.9. The monoisotopic (exact) mass is 311 g/mol. The molecule has 0 atom stereocenters. The molecule has 0 aliphatic carbocycles. The van der Waals surface area contributed by atoms with E-state index in [1.807, 2.05) is 18.2 Å². The number of imide groups is 1. The Balaban J connectivity index is 1.65. The quantitative estimate of drug-likeness (QED) is 0.566. The molecule has 23 heavy (non-hydrogen) atoms. The van der Waals surface area contributed by atoms with Gasteiger partial charge in [0.25, 0.3) is 5.91 Å². The molecule has 5 nitrogen and oxygen atoms in total. The summed E-state index contributed by atoms with van der Waals surface area (Å²) in [5.74, 6) is -0.495. The number of hydrogen-bond acceptors (Lipinski definition) is 3. The smallest absolute Gasteiger partial charge is 0.321 e. The third-order valence-corrected chi connectivity index (χ3v) is 3.45. The summed E-state index contributed by atoms with van der Waals surface area (Å²) in [5, 5.41) is 4.95. The largest absolute Gasteiger partial charge is 0.398 e. The Labute approximate surface area is 135 Å². The summed E-state index contributed by atoms with van der Waals surface area (Å²) in [6.45, 7) is 0.524. The van der Waals surface area contributed by atoms with Gasteiger partial charge >= 0.3 is 6.03 Å². The molecule has 120 valence electrons. The molecular formula is C18H21N3O2. The lowest BCUT2D eigenvalue weighted by Crippen LogP contribution is -2.40. The van der Waals surface area contributed by atoms with Crippen molar-refractivity contribution in [3.8, 4) is 0 Å². The number of amides is 3. The molecule has 2 aromatic rings. The average molecular weight is 311 g/mol. The Morgan fingerprint density at radius 1 is 0.913 bits per heavy atom. The van der Waals surface area contributed by atoms with Crippen LogP contribution in [-0.2, 0) is 6.42 Å². The molecule has 0 heterocycles. The van der Waals surface area contributed by atoms with Gasteiger partial charge in [0.05, 0.1) is 5.56 Å². The first-order valence-corrected chi connectivity index (χ1v) is 7.64. The summed E-state index contributed by atoms with van der Waals surface area (Å²) in [7, 11) is 0. The maximum absolute atomic E-state index is 11.9. The zero-order valence-electron chi connectivity index (χ0n) is 12.9. The minimum atomic E-state index is -0.502. The summed E-state index contributed by atoms with van der Waals surface area (Å²) in [6.07, 6.45) is 2.80. The zero-order valence-corrected chi connectivity index (χ0v) is 12.9. The van der Waals surface area contributed by atoms with Crippen LogP contribution in [-0.4, -0.2) is 18.5 Å². The first-order chi connectivity index (χ1) is 11.2. The minimum absolute atomic E-state index is 0.298. The van der Waals surface area contributed by atoms with E-state index in [1.165, 1.54) is 5.56 Å². The van der Waals surface area contributed by atoms with Crippen molar-refractivity contribution in [2.75, 3.05) is 12.3 Å². The average Bonchev–Trinajstić information content (AvgIpc) is 2.56. The van der Waals surface area contributed by atoms with Gasteiger partial charge in [0.15, 0.2) is 0 Å². The first-order valence-electron chi connectivity index (χ1n) is 7.64. The van der Waals surface area contributed by atoms with Gasteiger partial charge in [-0.2, -0.15) is 0 Å². The number of rotatable bonds is 6. The highest BCUT2D eigenvalue weighted by molar-refractivity contribution is 6.07. The van der Waals surface area contributed by atoms with E-state index in [0.29, 0.717) is 17.8 Å². The molecule has 2 rings (SSSR count). The Hall–Kier alpha value is -2.82. The van der Waals surface area contributed by atoms with Gasteiger partial charge in [0.2, 0.25) is 0 Å². The van der Waals surface area contributed by atoms with Crippen LogP contribution in [0.5, 0.6) is 0 Å². The fourth-order valence-electron chi connectivity index (χ4n) is 2.22. The van der Waals surface area contributed by atoms with Gasteiger partial charge in [-0.05, 0) is 37.0 Å². The van der Waals surface area contributed by atoms with E-state index in [0.717, 1.165) is 19.3 Å². The second-order valence-corrected chi connectivity index (χ2v) is 5.24. The van der Waals surface area contributed by atoms with Gasteiger partial charge in [-0.25, -0.2) is 4.79 Å². The Morgan fingerprint density at radius 3 is 2.35 bits per heavy atom. The molecule has 0 aliphatic heterocycles. The van der Waals surface area contributed by atoms with Crippen molar-refractivity contribution in [2.24, 2.45) is 0 Å². The standard InChI is InChI=1S/C18H21N3O2/c19-16-12-5-4-11-15(16)17(22)21-18(23)20-13-7-6-10-14-8-2-1-3-9-14/h1-5,8-9,11-12H,6-7,10,13,19H2,(H2,20,21,22,23). The van der Waals surface area contributed by atoms with Crippen molar-refractivity contribution in [3.05, 3.63) is 65.7 Å². The highest BCUT2D eigenvalue weighted by atomic mass is 16.2. The molecule has 0 aromatic heterocycles. The predicted octanol–water partition coefficient (Wildman–Crippen LogP) is 2.73. The van der Waals surface area contributed by atoms with E-state index >= 15 is 0 Å². The number of para-hydroxylation sites is 1. The van der Waals surface area contributed by atoms with Crippen molar-refractivity contribution in [1.82, 2.24) is 10.6 Å². The molecule has 0 saturated carbocycles. The minimum Gasteiger partial charge on any atom is -0.398 e. The van der Waals surface area contributed by atoms with Crippen LogP contribution in [0.3, 0.4) is 0 Å². The number of urea groups is 1. The number of aryl methyl sites for hydroxylation is 1. The second-order valence-electron chi connectivity index (χ2n) is 5.24. The second kappa shape index (κ2) is 8.58. The third kappa shape index (κ3) is 5.47. The SMILES string of the molecule is Nc1ccccc1C(=O)NC(=O)NCCCCc1ccccc1. The number of nitrogens with two attached hydrogens (primary N) is 1. The predicted molar refractivity (Wildman–Crippen MR) is 91.1 cm³/mol. The molecule has 2 aromatic carbocycles. The Kier molecular flexibility index (Phi) is 6.17. The molecule has 3 amide bonds. The van der Waals surface area contributed by atoms with Crippen molar-refractivity contribution < 1.29 is 9.59 Å². The fraction of sp³-hybridized carbons (Fsp3) is 0.222. The van der Waals surface area contributed by atoms with E-state index in [2.05, 4.69) is 22.8 Å². The fourth-order valence-corrected chi connectivity index (χ4v) is 2.22. The van der Waals surface area contributed by atoms with Crippen LogP contribution in [0.1, 0.15) is 28.8 Å². The van der Waals surface area contributed by atoms with Crippen molar-refractivity contribution in [1.29, 1.82) is 0 Å². The lowest BCUT2D eigenvalue weighted by Gasteiger charge is -2.08. The highest BCUT2D eigenvalue weighted by Gasteiger charge is 2.11. The van der Waals surface area contributed by atoms with Crippen LogP contribution in [0.25, 0.3) is 0 Å². The molecule has 0 saturated heterocycles. The number of benzene rings is 2. The number of nitrogens with one attached hydrogen (secondary N) is 2. The van der Waals surface area contributed by atoms with Crippen LogP contribution in [0.2, 0.25) is 0 Å². The lowest BCUT2D eigenvalue weighted by molar-refractivity contribution is 0.0965. The van der Waals surface area contributed by atoms with Gasteiger partial charge in [-0.1, -0.05) is 42.5 Å². The molecular weight excluding hydrogens is 290 g/mol. The molecule has 0 fully saturated rings. The summed E-state index contributed by atoms with van der Waals surface area (Å²) in [6, 6.07) is 16.3. The van der Waals surface area contributed by atoms with Crippen molar-refractivity contribution in [3.63, 3.8) is 0 Å². The van der Waals surface area contributed by atoms with E-state index in [4.69, 9.17) is 5.73 Å². The summed E-state index contributed by atoms with van der Waals surface area (Å²) in [4.78, 5) is 23.6. The maximum Gasteiger partial charge on any atom is 0.321 e. The lowest BCUT2D eigenvalue weighted by atomic mass is 10.1. The van der Waals surface area contributed by atoms with Crippen LogP contribution < -0.4 is 16.4 Å². The number of carbonyl (C=O) groups excluding carboxylic acids is 2. The summed E-state index contributed by atoms with van der Waals surface area (Å²) >= 11 is 0. The zero-order chi connectivity index (χ0) is 16.5. The number of nitrogen functional groups attached to an aromatic ring is 1. The van der Waals surface area contributed by atoms with Crippen LogP contribution >= 0.6 is 0 Å². The third-order valence-electron chi connectivity index (χ3n) is 3.45. The van der Waals surface area contributed by atoms with Gasteiger partial charge < -0.3 is 11.1 Å². The summed E-state index contributed by atoms with van der Waals surface area (Å²) in [5.41, 5.74) is 7.63. The van der Waals surface area contributed by atoms with Crippen LogP contribution in [0, 0.1) is 0 Å². The van der Waals surface area contributed by atoms with Crippen LogP contribution in [0.15, 0.2) is 54.6 Å². The Bertz CT molecular complexity index is 656. The molecule has 0 bridgehead atoms. The van der Waals surface area contributed by atoms with E-state index in [-0.39, 0.29) is 0 Å². The number of hydrogen-bond donors (Lipinski definition) is 3. The number of unbranched alkanes of at least 4 members (excludes halogenated alkanes) is 1. The van der Waals surface area contributed by atoms with Gasteiger partial charge in [0, 0.05) is 12.2 Å². The van der Waals surface area contributed by atoms with Gasteiger partial charge in [-0.3, -0.25) is 10.1 Å². The normalized spacial score (nSPS) is 10.1. The molecule has 0 radical (unpaired) electrons. The van der Waals surface area contributed by atoms with Gasteiger partial charge in [0.1, 0.15) is 0 Å². The van der Waals surface area contributed by atoms with E-state index in [1.54, 1.807) is 24.3 Å². The van der Waals surface area contributed by atoms with E-state index in [9.17, 15) is 9.59 Å². The van der Waals surface area contributed by atoms with Crippen LogP contribution in [0.4, 0.5) is 10.5 Å². The molecule has 0 spiro atoms. The first kappa shape index (κ1) is 16.5. The molecule has 0 unspecified atom stereocenters. The van der Waals surface area contributed by atoms with Crippen molar-refractivity contribution >= 4 is 17.6 Å². The molecule has 0 aliphatic rings. The Morgan fingerprint density at radius 2 is 1.61 bits per heavy atom. The number of carbonyl (C=O) groups is 2. The highest BCUT2D eigenvalue weighted by Crippen LogP contribution is 2.09. The number of anilines is 1. The molecule has 5 heteroatoms. The van der Waals surface area contributed by atoms with Gasteiger partial charge in [-0.15, -0.1) is 0 Å².